The molecule has 10 heteroatoms. The molecule has 0 aromatic heterocycles. The van der Waals surface area contributed by atoms with Crippen molar-refractivity contribution in [2.24, 2.45) is 0 Å². The molecule has 1 N–H and O–H groups in total. The molecule has 0 unspecified atom stereocenters. The Morgan fingerprint density at radius 1 is 1.22 bits per heavy atom. The molecule has 1 fully saturated rings. The van der Waals surface area contributed by atoms with Crippen molar-refractivity contribution in [3.63, 3.8) is 0 Å². The Kier molecular flexibility index (Phi) is 7.02. The van der Waals surface area contributed by atoms with Gasteiger partial charge < -0.3 is 5.32 Å². The molecule has 27 heavy (non-hydrogen) atoms. The monoisotopic (exact) mass is 426 g/mol. The van der Waals surface area contributed by atoms with E-state index < -0.39 is 39.2 Å². The van der Waals surface area contributed by atoms with Crippen molar-refractivity contribution < 1.29 is 26.4 Å². The fraction of sp³-hybridized carbons (Fsp3) is 0.588. The largest absolute Gasteiger partial charge is 0.417 e. The molecule has 0 radical (unpaired) electrons. The van der Waals surface area contributed by atoms with E-state index in [-0.39, 0.29) is 11.7 Å². The Balaban J connectivity index is 2.22. The predicted molar refractivity (Wildman–Crippen MR) is 98.3 cm³/mol. The van der Waals surface area contributed by atoms with Gasteiger partial charge in [0.25, 0.3) is 0 Å². The lowest BCUT2D eigenvalue weighted by molar-refractivity contribution is -0.137. The van der Waals surface area contributed by atoms with Crippen molar-refractivity contribution in [1.82, 2.24) is 5.32 Å². The molecular formula is C17H22ClF3N2O3S. The van der Waals surface area contributed by atoms with E-state index in [2.05, 4.69) is 5.32 Å². The number of anilines is 1. The average molecular weight is 427 g/mol. The lowest BCUT2D eigenvalue weighted by atomic mass is 10.1. The third-order valence-electron chi connectivity index (χ3n) is 4.45. The van der Waals surface area contributed by atoms with Gasteiger partial charge in [0, 0.05) is 6.04 Å². The molecule has 0 heterocycles. The minimum atomic E-state index is -4.74. The van der Waals surface area contributed by atoms with E-state index in [1.54, 1.807) is 0 Å². The summed E-state index contributed by atoms with van der Waals surface area (Å²) >= 11 is 5.58. The molecule has 1 amide bonds. The lowest BCUT2D eigenvalue weighted by Gasteiger charge is -2.24. The van der Waals surface area contributed by atoms with E-state index in [9.17, 15) is 26.4 Å². The first-order valence-corrected chi connectivity index (χ1v) is 10.8. The number of nitrogens with one attached hydrogen (secondary N) is 1. The SMILES string of the molecule is CS(=O)(=O)N(CC(=O)NC1CCCCCC1)c1ccc(Cl)c(C(F)(F)F)c1. The van der Waals surface area contributed by atoms with Gasteiger partial charge in [0.1, 0.15) is 6.54 Å². The molecule has 0 spiro atoms. The fourth-order valence-corrected chi connectivity index (χ4v) is 4.19. The summed E-state index contributed by atoms with van der Waals surface area (Å²) in [7, 11) is -3.97. The van der Waals surface area contributed by atoms with Crippen LogP contribution in [0.3, 0.4) is 0 Å². The first-order valence-electron chi connectivity index (χ1n) is 8.62. The summed E-state index contributed by atoms with van der Waals surface area (Å²) in [6, 6.07) is 2.72. The van der Waals surface area contributed by atoms with E-state index in [0.717, 1.165) is 56.9 Å². The zero-order chi connectivity index (χ0) is 20.2. The van der Waals surface area contributed by atoms with Gasteiger partial charge in [-0.2, -0.15) is 13.2 Å². The zero-order valence-electron chi connectivity index (χ0n) is 14.9. The molecule has 1 aliphatic rings. The Morgan fingerprint density at radius 2 is 1.81 bits per heavy atom. The second-order valence-electron chi connectivity index (χ2n) is 6.69. The number of hydrogen-bond acceptors (Lipinski definition) is 3. The number of alkyl halides is 3. The Morgan fingerprint density at radius 3 is 2.33 bits per heavy atom. The smallest absolute Gasteiger partial charge is 0.352 e. The topological polar surface area (TPSA) is 66.5 Å². The average Bonchev–Trinajstić information content (AvgIpc) is 2.80. The molecule has 0 bridgehead atoms. The standard InChI is InChI=1S/C17H22ClF3N2O3S/c1-27(25,26)23(11-16(24)22-12-6-4-2-3-5-7-12)13-8-9-15(18)14(10-13)17(19,20)21/h8-10,12H,2-7,11H2,1H3,(H,22,24). The highest BCUT2D eigenvalue weighted by molar-refractivity contribution is 7.92. The number of rotatable bonds is 5. The van der Waals surface area contributed by atoms with Crippen molar-refractivity contribution in [2.75, 3.05) is 17.1 Å². The van der Waals surface area contributed by atoms with Crippen LogP contribution in [0.15, 0.2) is 18.2 Å². The number of halogens is 4. The number of carbonyl (C=O) groups excluding carboxylic acids is 1. The second kappa shape index (κ2) is 8.68. The van der Waals surface area contributed by atoms with Gasteiger partial charge in [0.15, 0.2) is 0 Å². The van der Waals surface area contributed by atoms with Gasteiger partial charge in [-0.1, -0.05) is 37.3 Å². The minimum absolute atomic E-state index is 0.0441. The Bertz CT molecular complexity index is 776. The first kappa shape index (κ1) is 21.8. The van der Waals surface area contributed by atoms with Crippen LogP contribution in [0.2, 0.25) is 5.02 Å². The van der Waals surface area contributed by atoms with Gasteiger partial charge in [0.2, 0.25) is 15.9 Å². The summed E-state index contributed by atoms with van der Waals surface area (Å²) in [5.41, 5.74) is -1.41. The number of amides is 1. The molecule has 0 atom stereocenters. The molecule has 2 rings (SSSR count). The maximum atomic E-state index is 13.1. The molecule has 152 valence electrons. The first-order chi connectivity index (χ1) is 12.5. The molecule has 1 aromatic carbocycles. The van der Waals surface area contributed by atoms with Gasteiger partial charge in [0.05, 0.1) is 22.5 Å². The molecular weight excluding hydrogens is 405 g/mol. The highest BCUT2D eigenvalue weighted by atomic mass is 35.5. The minimum Gasteiger partial charge on any atom is -0.352 e. The lowest BCUT2D eigenvalue weighted by Crippen LogP contribution is -2.44. The Labute approximate surface area is 161 Å². The third kappa shape index (κ3) is 6.27. The van der Waals surface area contributed by atoms with Crippen LogP contribution in [0.25, 0.3) is 0 Å². The molecule has 1 aliphatic carbocycles. The van der Waals surface area contributed by atoms with Gasteiger partial charge in [-0.15, -0.1) is 0 Å². The van der Waals surface area contributed by atoms with Crippen LogP contribution in [0.4, 0.5) is 18.9 Å². The van der Waals surface area contributed by atoms with Crippen molar-refractivity contribution in [3.05, 3.63) is 28.8 Å². The van der Waals surface area contributed by atoms with Crippen molar-refractivity contribution >= 4 is 33.2 Å². The van der Waals surface area contributed by atoms with Crippen LogP contribution in [0.5, 0.6) is 0 Å². The highest BCUT2D eigenvalue weighted by Gasteiger charge is 2.34. The second-order valence-corrected chi connectivity index (χ2v) is 9.00. The van der Waals surface area contributed by atoms with Crippen LogP contribution >= 0.6 is 11.6 Å². The van der Waals surface area contributed by atoms with Crippen LogP contribution in [-0.2, 0) is 21.0 Å². The number of benzene rings is 1. The van der Waals surface area contributed by atoms with Crippen LogP contribution in [0.1, 0.15) is 44.1 Å². The maximum absolute atomic E-state index is 13.1. The normalized spacial score (nSPS) is 16.6. The van der Waals surface area contributed by atoms with E-state index in [4.69, 9.17) is 11.6 Å². The quantitative estimate of drug-likeness (QED) is 0.724. The molecule has 5 nitrogen and oxygen atoms in total. The number of carbonyl (C=O) groups is 1. The zero-order valence-corrected chi connectivity index (χ0v) is 16.4. The Hall–Kier alpha value is -1.48. The van der Waals surface area contributed by atoms with Crippen molar-refractivity contribution in [3.8, 4) is 0 Å². The predicted octanol–water partition coefficient (Wildman–Crippen LogP) is 3.96. The fourth-order valence-electron chi connectivity index (χ4n) is 3.11. The van der Waals surface area contributed by atoms with Crippen molar-refractivity contribution in [1.29, 1.82) is 0 Å². The third-order valence-corrected chi connectivity index (χ3v) is 5.92. The van der Waals surface area contributed by atoms with Crippen molar-refractivity contribution in [2.45, 2.75) is 50.7 Å². The van der Waals surface area contributed by atoms with E-state index in [1.165, 1.54) is 0 Å². The molecule has 0 saturated heterocycles. The number of hydrogen-bond donors (Lipinski definition) is 1. The number of nitrogens with zero attached hydrogens (tertiary/aromatic N) is 1. The van der Waals surface area contributed by atoms with Gasteiger partial charge in [-0.25, -0.2) is 8.42 Å². The summed E-state index contributed by atoms with van der Waals surface area (Å²) in [5, 5.41) is 2.25. The molecule has 1 aromatic rings. The van der Waals surface area contributed by atoms with Gasteiger partial charge >= 0.3 is 6.18 Å². The van der Waals surface area contributed by atoms with Gasteiger partial charge in [-0.3, -0.25) is 9.10 Å². The number of sulfonamides is 1. The van der Waals surface area contributed by atoms with Crippen LogP contribution in [-0.4, -0.2) is 33.2 Å². The summed E-state index contributed by atoms with van der Waals surface area (Å²) in [5.74, 6) is -0.546. The molecule has 1 saturated carbocycles. The van der Waals surface area contributed by atoms with Crippen LogP contribution in [0, 0.1) is 0 Å². The van der Waals surface area contributed by atoms with Crippen LogP contribution < -0.4 is 9.62 Å². The van der Waals surface area contributed by atoms with Gasteiger partial charge in [-0.05, 0) is 31.0 Å². The summed E-state index contributed by atoms with van der Waals surface area (Å²) in [4.78, 5) is 12.3. The molecule has 0 aliphatic heterocycles. The summed E-state index contributed by atoms with van der Waals surface area (Å²) < 4.78 is 64.0. The van der Waals surface area contributed by atoms with E-state index >= 15 is 0 Å². The van der Waals surface area contributed by atoms with E-state index in [1.807, 2.05) is 0 Å². The highest BCUT2D eigenvalue weighted by Crippen LogP contribution is 2.37. The summed E-state index contributed by atoms with van der Waals surface area (Å²) in [6.45, 7) is -0.589. The summed E-state index contributed by atoms with van der Waals surface area (Å²) in [6.07, 6.45) is 1.86. The van der Waals surface area contributed by atoms with E-state index in [0.29, 0.717) is 10.4 Å². The maximum Gasteiger partial charge on any atom is 0.417 e.